The molecule has 0 aliphatic heterocycles. The fourth-order valence-electron chi connectivity index (χ4n) is 5.17. The minimum absolute atomic E-state index is 0.107. The lowest BCUT2D eigenvalue weighted by atomic mass is 10.1. The standard InChI is InChI=1S/C39H45NO10/c1-40(20-8-5-10-22-47-37(42)19-14-28-24-35(44-2)39(46-4)36(25-28)45-3)21-9-11-23-48-38(43)27-49-30-17-15-29(16-18-30)34-26-32(41)31-12-6-7-13-33(31)50-34/h6-7,12-19,24-26H,5,8-11,20-23,27H2,1-4H3/b19-14+. The first-order chi connectivity index (χ1) is 24.3. The molecule has 0 saturated heterocycles. The van der Waals surface area contributed by atoms with Crippen molar-refractivity contribution in [2.24, 2.45) is 0 Å². The number of unbranched alkanes of at least 4 members (excludes halogenated alkanes) is 3. The fraction of sp³-hybridized carbons (Fsp3) is 0.359. The maximum absolute atomic E-state index is 12.4. The quantitative estimate of drug-likeness (QED) is 0.0571. The highest BCUT2D eigenvalue weighted by Crippen LogP contribution is 2.38. The Balaban J connectivity index is 1.02. The van der Waals surface area contributed by atoms with E-state index in [1.54, 1.807) is 60.7 Å². The summed E-state index contributed by atoms with van der Waals surface area (Å²) in [5.41, 5.74) is 1.87. The van der Waals surface area contributed by atoms with E-state index in [2.05, 4.69) is 11.9 Å². The van der Waals surface area contributed by atoms with Crippen LogP contribution >= 0.6 is 0 Å². The van der Waals surface area contributed by atoms with Crippen LogP contribution < -0.4 is 24.4 Å². The molecule has 0 atom stereocenters. The van der Waals surface area contributed by atoms with Crippen LogP contribution in [0, 0.1) is 0 Å². The highest BCUT2D eigenvalue weighted by Gasteiger charge is 2.13. The lowest BCUT2D eigenvalue weighted by Gasteiger charge is -2.16. The Hall–Kier alpha value is -5.29. The normalized spacial score (nSPS) is 11.1. The van der Waals surface area contributed by atoms with Gasteiger partial charge < -0.3 is 37.7 Å². The van der Waals surface area contributed by atoms with Crippen LogP contribution in [-0.2, 0) is 19.1 Å². The molecule has 4 aromatic rings. The number of esters is 2. The highest BCUT2D eigenvalue weighted by molar-refractivity contribution is 5.87. The summed E-state index contributed by atoms with van der Waals surface area (Å²) in [5, 5.41) is 0.535. The molecule has 0 amide bonds. The van der Waals surface area contributed by atoms with Crippen LogP contribution in [-0.4, -0.2) is 78.1 Å². The highest BCUT2D eigenvalue weighted by atomic mass is 16.6. The molecule has 0 saturated carbocycles. The van der Waals surface area contributed by atoms with Crippen LogP contribution in [0.25, 0.3) is 28.4 Å². The molecule has 50 heavy (non-hydrogen) atoms. The molecule has 0 aliphatic carbocycles. The summed E-state index contributed by atoms with van der Waals surface area (Å²) in [5.74, 6) is 1.63. The smallest absolute Gasteiger partial charge is 0.344 e. The monoisotopic (exact) mass is 687 g/mol. The van der Waals surface area contributed by atoms with Gasteiger partial charge in [-0.25, -0.2) is 9.59 Å². The van der Waals surface area contributed by atoms with Crippen molar-refractivity contribution in [2.45, 2.75) is 32.1 Å². The summed E-state index contributed by atoms with van der Waals surface area (Å²) in [6.07, 6.45) is 7.38. The van der Waals surface area contributed by atoms with E-state index >= 15 is 0 Å². The van der Waals surface area contributed by atoms with Gasteiger partial charge in [-0.15, -0.1) is 0 Å². The third kappa shape index (κ3) is 11.4. The molecule has 0 N–H and O–H groups in total. The van der Waals surface area contributed by atoms with Crippen LogP contribution in [0.4, 0.5) is 0 Å². The van der Waals surface area contributed by atoms with Gasteiger partial charge in [0.05, 0.1) is 39.9 Å². The Morgan fingerprint density at radius 3 is 2.14 bits per heavy atom. The molecular formula is C39H45NO10. The average Bonchev–Trinajstić information content (AvgIpc) is 3.14. The van der Waals surface area contributed by atoms with Crippen molar-refractivity contribution in [1.29, 1.82) is 0 Å². The molecule has 0 unspecified atom stereocenters. The van der Waals surface area contributed by atoms with Crippen molar-refractivity contribution >= 4 is 29.0 Å². The van der Waals surface area contributed by atoms with E-state index in [9.17, 15) is 14.4 Å². The molecule has 0 bridgehead atoms. The predicted molar refractivity (Wildman–Crippen MR) is 191 cm³/mol. The van der Waals surface area contributed by atoms with Gasteiger partial charge in [0.2, 0.25) is 5.75 Å². The number of nitrogens with zero attached hydrogens (tertiary/aromatic N) is 1. The molecule has 266 valence electrons. The Morgan fingerprint density at radius 2 is 1.44 bits per heavy atom. The third-order valence-corrected chi connectivity index (χ3v) is 7.85. The number of fused-ring (bicyclic) bond motifs is 1. The van der Waals surface area contributed by atoms with Crippen molar-refractivity contribution in [1.82, 2.24) is 4.90 Å². The molecule has 1 aromatic heterocycles. The van der Waals surface area contributed by atoms with Crippen LogP contribution in [0.3, 0.4) is 0 Å². The molecule has 0 radical (unpaired) electrons. The lowest BCUT2D eigenvalue weighted by molar-refractivity contribution is -0.146. The van der Waals surface area contributed by atoms with Gasteiger partial charge in [0.1, 0.15) is 17.1 Å². The second kappa shape index (κ2) is 19.6. The van der Waals surface area contributed by atoms with Gasteiger partial charge in [-0.05, 0) is 112 Å². The Bertz CT molecular complexity index is 1760. The molecule has 0 spiro atoms. The van der Waals surface area contributed by atoms with E-state index < -0.39 is 11.9 Å². The van der Waals surface area contributed by atoms with Gasteiger partial charge in [0.25, 0.3) is 0 Å². The van der Waals surface area contributed by atoms with Crippen molar-refractivity contribution in [2.75, 3.05) is 61.3 Å². The van der Waals surface area contributed by atoms with E-state index in [1.807, 2.05) is 6.07 Å². The predicted octanol–water partition coefficient (Wildman–Crippen LogP) is 6.55. The van der Waals surface area contributed by atoms with Gasteiger partial charge in [0.15, 0.2) is 23.5 Å². The topological polar surface area (TPSA) is 123 Å². The first-order valence-electron chi connectivity index (χ1n) is 16.6. The van der Waals surface area contributed by atoms with Crippen molar-refractivity contribution in [3.63, 3.8) is 0 Å². The summed E-state index contributed by atoms with van der Waals surface area (Å²) >= 11 is 0. The van der Waals surface area contributed by atoms with E-state index in [1.165, 1.54) is 33.5 Å². The maximum atomic E-state index is 12.4. The maximum Gasteiger partial charge on any atom is 0.344 e. The van der Waals surface area contributed by atoms with Gasteiger partial charge in [-0.1, -0.05) is 12.1 Å². The molecule has 11 nitrogen and oxygen atoms in total. The summed E-state index contributed by atoms with van der Waals surface area (Å²) in [7, 11) is 6.67. The number of carbonyl (C=O) groups excluding carboxylic acids is 2. The second-order valence-electron chi connectivity index (χ2n) is 11.5. The molecule has 11 heteroatoms. The Morgan fingerprint density at radius 1 is 0.780 bits per heavy atom. The van der Waals surface area contributed by atoms with Crippen LogP contribution in [0.2, 0.25) is 0 Å². The zero-order valence-electron chi connectivity index (χ0n) is 29.1. The van der Waals surface area contributed by atoms with Crippen LogP contribution in [0.5, 0.6) is 23.0 Å². The zero-order valence-corrected chi connectivity index (χ0v) is 29.1. The van der Waals surface area contributed by atoms with Gasteiger partial charge in [-0.3, -0.25) is 4.79 Å². The summed E-state index contributed by atoms with van der Waals surface area (Å²) in [6.45, 7) is 2.30. The molecule has 0 aliphatic rings. The number of carbonyl (C=O) groups is 2. The Kier molecular flexibility index (Phi) is 14.7. The molecule has 3 aromatic carbocycles. The van der Waals surface area contributed by atoms with Crippen molar-refractivity contribution in [3.8, 4) is 34.3 Å². The molecule has 1 heterocycles. The summed E-state index contributed by atoms with van der Waals surface area (Å²) in [4.78, 5) is 38.9. The average molecular weight is 688 g/mol. The van der Waals surface area contributed by atoms with Crippen LogP contribution in [0.15, 0.2) is 82.0 Å². The number of benzene rings is 3. The minimum atomic E-state index is -0.430. The minimum Gasteiger partial charge on any atom is -0.493 e. The number of methoxy groups -OCH3 is 3. The SMILES string of the molecule is COc1cc(/C=C/C(=O)OCCCCCN(C)CCCCOC(=O)COc2ccc(-c3cc(=O)c4ccccc4o3)cc2)cc(OC)c1OC. The van der Waals surface area contributed by atoms with E-state index in [-0.39, 0.29) is 12.0 Å². The third-order valence-electron chi connectivity index (χ3n) is 7.85. The number of hydrogen-bond donors (Lipinski definition) is 0. The van der Waals surface area contributed by atoms with Crippen molar-refractivity contribution < 1.29 is 42.4 Å². The van der Waals surface area contributed by atoms with E-state index in [0.717, 1.165) is 56.3 Å². The van der Waals surface area contributed by atoms with E-state index in [4.69, 9.17) is 32.8 Å². The first-order valence-corrected chi connectivity index (χ1v) is 16.6. The van der Waals surface area contributed by atoms with Crippen molar-refractivity contribution in [3.05, 3.63) is 88.6 Å². The zero-order chi connectivity index (χ0) is 35.7. The number of rotatable bonds is 20. The first kappa shape index (κ1) is 37.5. The summed E-state index contributed by atoms with van der Waals surface area (Å²) in [6, 6.07) is 19.1. The fourth-order valence-corrected chi connectivity index (χ4v) is 5.17. The van der Waals surface area contributed by atoms with Gasteiger partial charge >= 0.3 is 11.9 Å². The second-order valence-corrected chi connectivity index (χ2v) is 11.5. The summed E-state index contributed by atoms with van der Waals surface area (Å²) < 4.78 is 38.1. The van der Waals surface area contributed by atoms with Gasteiger partial charge in [0, 0.05) is 17.7 Å². The van der Waals surface area contributed by atoms with Gasteiger partial charge in [-0.2, -0.15) is 0 Å². The molecule has 4 rings (SSSR count). The number of hydrogen-bond acceptors (Lipinski definition) is 11. The number of ether oxygens (including phenoxy) is 6. The van der Waals surface area contributed by atoms with E-state index in [0.29, 0.717) is 52.9 Å². The lowest BCUT2D eigenvalue weighted by Crippen LogP contribution is -2.22. The van der Waals surface area contributed by atoms with Crippen LogP contribution in [0.1, 0.15) is 37.7 Å². The Labute approximate surface area is 292 Å². The number of para-hydroxylation sites is 1. The largest absolute Gasteiger partial charge is 0.493 e. The molecule has 0 fully saturated rings. The molecular weight excluding hydrogens is 642 g/mol.